The average molecular weight is 325 g/mol. The third kappa shape index (κ3) is 3.19. The van der Waals surface area contributed by atoms with E-state index >= 15 is 0 Å². The molecule has 2 rings (SSSR count). The first-order valence-corrected chi connectivity index (χ1v) is 7.75. The zero-order valence-electron chi connectivity index (χ0n) is 10.6. The summed E-state index contributed by atoms with van der Waals surface area (Å²) >= 11 is 5.32. The lowest BCUT2D eigenvalue weighted by Crippen LogP contribution is -2.23. The molecule has 1 aromatic heterocycles. The fraction of sp³-hybridized carbons (Fsp3) is 0.357. The van der Waals surface area contributed by atoms with Gasteiger partial charge in [-0.15, -0.1) is 11.3 Å². The van der Waals surface area contributed by atoms with Gasteiger partial charge in [-0.05, 0) is 30.7 Å². The van der Waals surface area contributed by atoms with Gasteiger partial charge in [-0.2, -0.15) is 0 Å². The molecule has 0 aliphatic heterocycles. The van der Waals surface area contributed by atoms with E-state index in [1.807, 2.05) is 11.7 Å². The zero-order valence-corrected chi connectivity index (χ0v) is 13.0. The molecule has 0 spiro atoms. The fourth-order valence-corrected chi connectivity index (χ4v) is 3.11. The molecule has 0 aliphatic rings. The predicted molar refractivity (Wildman–Crippen MR) is 81.1 cm³/mol. The van der Waals surface area contributed by atoms with Crippen LogP contribution in [0.1, 0.15) is 29.0 Å². The quantitative estimate of drug-likeness (QED) is 0.895. The highest BCUT2D eigenvalue weighted by Gasteiger charge is 2.15. The maximum Gasteiger partial charge on any atom is 0.0794 e. The van der Waals surface area contributed by atoms with Crippen LogP contribution in [0.15, 0.2) is 34.4 Å². The standard InChI is InChI=1S/C14H17BrN2S/c1-3-17-14(7-11-8-16-9-18-11)12-5-4-6-13(15)10(12)2/h4-6,8-9,14,17H,3,7H2,1-2H3. The summed E-state index contributed by atoms with van der Waals surface area (Å²) in [4.78, 5) is 5.47. The van der Waals surface area contributed by atoms with Gasteiger partial charge in [0.1, 0.15) is 0 Å². The summed E-state index contributed by atoms with van der Waals surface area (Å²) < 4.78 is 1.17. The number of hydrogen-bond acceptors (Lipinski definition) is 3. The first-order valence-electron chi connectivity index (χ1n) is 6.08. The molecule has 18 heavy (non-hydrogen) atoms. The third-order valence-electron chi connectivity index (χ3n) is 3.02. The zero-order chi connectivity index (χ0) is 13.0. The monoisotopic (exact) mass is 324 g/mol. The van der Waals surface area contributed by atoms with Crippen LogP contribution in [0.3, 0.4) is 0 Å². The van der Waals surface area contributed by atoms with Crippen LogP contribution in [0.4, 0.5) is 0 Å². The molecule has 0 bridgehead atoms. The van der Waals surface area contributed by atoms with Crippen LogP contribution in [-0.2, 0) is 6.42 Å². The van der Waals surface area contributed by atoms with Crippen LogP contribution in [0.5, 0.6) is 0 Å². The fourth-order valence-electron chi connectivity index (χ4n) is 2.08. The molecule has 2 nitrogen and oxygen atoms in total. The summed E-state index contributed by atoms with van der Waals surface area (Å²) in [5, 5.41) is 3.56. The van der Waals surface area contributed by atoms with Gasteiger partial charge in [-0.25, -0.2) is 0 Å². The summed E-state index contributed by atoms with van der Waals surface area (Å²) in [7, 11) is 0. The lowest BCUT2D eigenvalue weighted by Gasteiger charge is -2.20. The molecule has 0 saturated heterocycles. The Bertz CT molecular complexity index is 497. The SMILES string of the molecule is CCNC(Cc1cncs1)c1cccc(Br)c1C. The molecule has 1 unspecified atom stereocenters. The van der Waals surface area contributed by atoms with Crippen molar-refractivity contribution in [1.29, 1.82) is 0 Å². The Labute approximate surface area is 121 Å². The Kier molecular flexibility index (Phi) is 4.92. The summed E-state index contributed by atoms with van der Waals surface area (Å²) in [6.07, 6.45) is 2.96. The summed E-state index contributed by atoms with van der Waals surface area (Å²) in [5.41, 5.74) is 4.57. The molecule has 96 valence electrons. The number of aromatic nitrogens is 1. The molecular formula is C14H17BrN2S. The largest absolute Gasteiger partial charge is 0.310 e. The van der Waals surface area contributed by atoms with Crippen molar-refractivity contribution < 1.29 is 0 Å². The molecule has 1 atom stereocenters. The summed E-state index contributed by atoms with van der Waals surface area (Å²) in [6.45, 7) is 5.28. The number of rotatable bonds is 5. The van der Waals surface area contributed by atoms with Gasteiger partial charge in [0.15, 0.2) is 0 Å². The minimum atomic E-state index is 0.355. The molecule has 0 saturated carbocycles. The minimum Gasteiger partial charge on any atom is -0.310 e. The average Bonchev–Trinajstić information content (AvgIpc) is 2.85. The number of benzene rings is 1. The second-order valence-corrected chi connectivity index (χ2v) is 6.06. The lowest BCUT2D eigenvalue weighted by atomic mass is 9.98. The van der Waals surface area contributed by atoms with Crippen molar-refractivity contribution in [2.45, 2.75) is 26.3 Å². The Hall–Kier alpha value is -0.710. The Balaban J connectivity index is 2.26. The van der Waals surface area contributed by atoms with Crippen LogP contribution >= 0.6 is 27.3 Å². The van der Waals surface area contributed by atoms with E-state index in [1.165, 1.54) is 20.5 Å². The maximum atomic E-state index is 4.15. The van der Waals surface area contributed by atoms with E-state index < -0.39 is 0 Å². The Morgan fingerprint density at radius 1 is 1.44 bits per heavy atom. The van der Waals surface area contributed by atoms with Gasteiger partial charge >= 0.3 is 0 Å². The first kappa shape index (κ1) is 13.7. The number of halogens is 1. The smallest absolute Gasteiger partial charge is 0.0794 e. The molecule has 1 N–H and O–H groups in total. The van der Waals surface area contributed by atoms with Gasteiger partial charge < -0.3 is 5.32 Å². The van der Waals surface area contributed by atoms with Gasteiger partial charge in [-0.1, -0.05) is 35.0 Å². The van der Waals surface area contributed by atoms with E-state index in [4.69, 9.17) is 0 Å². The maximum absolute atomic E-state index is 4.15. The molecule has 1 heterocycles. The molecule has 0 fully saturated rings. The van der Waals surface area contributed by atoms with Crippen LogP contribution in [0.25, 0.3) is 0 Å². The van der Waals surface area contributed by atoms with Crippen LogP contribution < -0.4 is 5.32 Å². The molecule has 1 aromatic carbocycles. The Morgan fingerprint density at radius 3 is 2.94 bits per heavy atom. The third-order valence-corrected chi connectivity index (χ3v) is 4.69. The number of nitrogens with zero attached hydrogens (tertiary/aromatic N) is 1. The Morgan fingerprint density at radius 2 is 2.28 bits per heavy atom. The molecule has 0 radical (unpaired) electrons. The highest BCUT2D eigenvalue weighted by atomic mass is 79.9. The van der Waals surface area contributed by atoms with Crippen molar-refractivity contribution in [3.63, 3.8) is 0 Å². The second-order valence-electron chi connectivity index (χ2n) is 4.24. The van der Waals surface area contributed by atoms with Crippen molar-refractivity contribution in [3.8, 4) is 0 Å². The normalized spacial score (nSPS) is 12.6. The van der Waals surface area contributed by atoms with Gasteiger partial charge in [0.05, 0.1) is 5.51 Å². The van der Waals surface area contributed by atoms with Crippen molar-refractivity contribution >= 4 is 27.3 Å². The van der Waals surface area contributed by atoms with Crippen LogP contribution in [0.2, 0.25) is 0 Å². The van der Waals surface area contributed by atoms with Crippen molar-refractivity contribution in [2.75, 3.05) is 6.54 Å². The highest BCUT2D eigenvalue weighted by molar-refractivity contribution is 9.10. The van der Waals surface area contributed by atoms with Crippen molar-refractivity contribution in [1.82, 2.24) is 10.3 Å². The van der Waals surface area contributed by atoms with E-state index in [1.54, 1.807) is 11.3 Å². The topological polar surface area (TPSA) is 24.9 Å². The highest BCUT2D eigenvalue weighted by Crippen LogP contribution is 2.27. The lowest BCUT2D eigenvalue weighted by molar-refractivity contribution is 0.550. The molecule has 2 aromatic rings. The molecule has 0 aliphatic carbocycles. The van der Waals surface area contributed by atoms with Crippen molar-refractivity contribution in [2.24, 2.45) is 0 Å². The summed E-state index contributed by atoms with van der Waals surface area (Å²) in [6, 6.07) is 6.75. The first-order chi connectivity index (χ1) is 8.72. The number of likely N-dealkylation sites (N-methyl/N-ethyl adjacent to an activating group) is 1. The van der Waals surface area contributed by atoms with Crippen LogP contribution in [-0.4, -0.2) is 11.5 Å². The predicted octanol–water partition coefficient (Wildman–Crippen LogP) is 4.11. The number of thiazole rings is 1. The second kappa shape index (κ2) is 6.45. The minimum absolute atomic E-state index is 0.355. The number of hydrogen-bond donors (Lipinski definition) is 1. The van der Waals surface area contributed by atoms with E-state index in [0.717, 1.165) is 13.0 Å². The van der Waals surface area contributed by atoms with E-state index in [2.05, 4.69) is 58.3 Å². The van der Waals surface area contributed by atoms with Gasteiger partial charge in [0.25, 0.3) is 0 Å². The summed E-state index contributed by atoms with van der Waals surface area (Å²) in [5.74, 6) is 0. The van der Waals surface area contributed by atoms with Gasteiger partial charge in [-0.3, -0.25) is 4.98 Å². The number of nitrogens with one attached hydrogen (secondary N) is 1. The molecular weight excluding hydrogens is 308 g/mol. The van der Waals surface area contributed by atoms with Gasteiger partial charge in [0, 0.05) is 28.0 Å². The van der Waals surface area contributed by atoms with Gasteiger partial charge in [0.2, 0.25) is 0 Å². The van der Waals surface area contributed by atoms with Crippen molar-refractivity contribution in [3.05, 3.63) is 50.4 Å². The van der Waals surface area contributed by atoms with Crippen LogP contribution in [0, 0.1) is 6.92 Å². The van der Waals surface area contributed by atoms with E-state index in [9.17, 15) is 0 Å². The van der Waals surface area contributed by atoms with E-state index in [-0.39, 0.29) is 0 Å². The molecule has 4 heteroatoms. The van der Waals surface area contributed by atoms with E-state index in [0.29, 0.717) is 6.04 Å². The molecule has 0 amide bonds.